The van der Waals surface area contributed by atoms with E-state index in [2.05, 4.69) is 0 Å². The Morgan fingerprint density at radius 1 is 1.53 bits per heavy atom. The molecular formula is C11H15ClFNO. The first kappa shape index (κ1) is 12.4. The van der Waals surface area contributed by atoms with Gasteiger partial charge in [0.15, 0.2) is 0 Å². The molecule has 0 aliphatic carbocycles. The number of rotatable bonds is 4. The van der Waals surface area contributed by atoms with E-state index in [4.69, 9.17) is 11.6 Å². The first-order valence-electron chi connectivity index (χ1n) is 4.79. The molecule has 1 atom stereocenters. The molecule has 0 saturated carbocycles. The molecule has 1 aromatic carbocycles. The van der Waals surface area contributed by atoms with E-state index >= 15 is 0 Å². The quantitative estimate of drug-likeness (QED) is 0.860. The van der Waals surface area contributed by atoms with Gasteiger partial charge in [0.25, 0.3) is 0 Å². The summed E-state index contributed by atoms with van der Waals surface area (Å²) in [7, 11) is 1.88. The molecule has 1 N–H and O–H groups in total. The summed E-state index contributed by atoms with van der Waals surface area (Å²) >= 11 is 5.88. The van der Waals surface area contributed by atoms with E-state index in [1.54, 1.807) is 13.0 Å². The summed E-state index contributed by atoms with van der Waals surface area (Å²) in [5.41, 5.74) is 0.862. The van der Waals surface area contributed by atoms with Crippen molar-refractivity contribution in [3.05, 3.63) is 34.6 Å². The van der Waals surface area contributed by atoms with Crippen molar-refractivity contribution in [1.29, 1.82) is 0 Å². The van der Waals surface area contributed by atoms with Gasteiger partial charge in [-0.15, -0.1) is 0 Å². The van der Waals surface area contributed by atoms with Crippen molar-refractivity contribution in [2.24, 2.45) is 0 Å². The van der Waals surface area contributed by atoms with E-state index in [1.165, 1.54) is 12.1 Å². The highest BCUT2D eigenvalue weighted by Gasteiger charge is 2.07. The maximum Gasteiger partial charge on any atom is 0.124 e. The fourth-order valence-corrected chi connectivity index (χ4v) is 1.68. The lowest BCUT2D eigenvalue weighted by Crippen LogP contribution is -2.26. The van der Waals surface area contributed by atoms with Crippen LogP contribution in [0.1, 0.15) is 12.5 Å². The first-order valence-corrected chi connectivity index (χ1v) is 5.17. The van der Waals surface area contributed by atoms with E-state index < -0.39 is 0 Å². The second-order valence-corrected chi connectivity index (χ2v) is 4.19. The van der Waals surface area contributed by atoms with Crippen LogP contribution in [-0.4, -0.2) is 29.7 Å². The molecule has 0 aliphatic heterocycles. The molecule has 0 fully saturated rings. The molecule has 1 aromatic rings. The number of aliphatic hydroxyl groups is 1. The molecule has 1 unspecified atom stereocenters. The first-order chi connectivity index (χ1) is 6.99. The Bertz CT molecular complexity index is 330. The minimum Gasteiger partial charge on any atom is -0.392 e. The van der Waals surface area contributed by atoms with Gasteiger partial charge in [0.05, 0.1) is 6.10 Å². The smallest absolute Gasteiger partial charge is 0.124 e. The largest absolute Gasteiger partial charge is 0.392 e. The van der Waals surface area contributed by atoms with E-state index in [1.807, 2.05) is 11.9 Å². The van der Waals surface area contributed by atoms with Crippen LogP contribution in [0.4, 0.5) is 4.39 Å². The van der Waals surface area contributed by atoms with Crippen molar-refractivity contribution in [2.45, 2.75) is 19.6 Å². The van der Waals surface area contributed by atoms with Gasteiger partial charge in [-0.05, 0) is 31.7 Å². The number of hydrogen-bond donors (Lipinski definition) is 1. The van der Waals surface area contributed by atoms with Crippen LogP contribution in [0.3, 0.4) is 0 Å². The summed E-state index contributed by atoms with van der Waals surface area (Å²) in [6.45, 7) is 2.89. The molecule has 2 nitrogen and oxygen atoms in total. The lowest BCUT2D eigenvalue weighted by atomic mass is 10.2. The Labute approximate surface area is 94.3 Å². The molecule has 0 aliphatic rings. The van der Waals surface area contributed by atoms with Gasteiger partial charge in [0, 0.05) is 18.1 Å². The normalized spacial score (nSPS) is 13.2. The van der Waals surface area contributed by atoms with E-state index in [0.29, 0.717) is 18.1 Å². The van der Waals surface area contributed by atoms with Crippen molar-refractivity contribution in [3.63, 3.8) is 0 Å². The number of halogens is 2. The SMILES string of the molecule is CC(O)CN(C)Cc1ccc(F)cc1Cl. The van der Waals surface area contributed by atoms with Gasteiger partial charge in [-0.25, -0.2) is 4.39 Å². The number of aliphatic hydroxyl groups excluding tert-OH is 1. The monoisotopic (exact) mass is 231 g/mol. The Balaban J connectivity index is 2.64. The summed E-state index contributed by atoms with van der Waals surface area (Å²) in [6.07, 6.45) is -0.380. The number of likely N-dealkylation sites (N-methyl/N-ethyl adjacent to an activating group) is 1. The summed E-state index contributed by atoms with van der Waals surface area (Å²) in [5, 5.41) is 9.60. The van der Waals surface area contributed by atoms with Gasteiger partial charge in [-0.3, -0.25) is 4.90 Å². The fourth-order valence-electron chi connectivity index (χ4n) is 1.46. The summed E-state index contributed by atoms with van der Waals surface area (Å²) in [5.74, 6) is -0.332. The molecule has 1 rings (SSSR count). The summed E-state index contributed by atoms with van der Waals surface area (Å²) < 4.78 is 12.8. The van der Waals surface area contributed by atoms with Gasteiger partial charge in [0.2, 0.25) is 0 Å². The van der Waals surface area contributed by atoms with Crippen LogP contribution < -0.4 is 0 Å². The molecule has 0 amide bonds. The summed E-state index contributed by atoms with van der Waals surface area (Å²) in [6, 6.07) is 4.35. The lowest BCUT2D eigenvalue weighted by molar-refractivity contribution is 0.138. The summed E-state index contributed by atoms with van der Waals surface area (Å²) in [4.78, 5) is 1.93. The van der Waals surface area contributed by atoms with E-state index in [0.717, 1.165) is 5.56 Å². The third-order valence-corrected chi connectivity index (χ3v) is 2.38. The lowest BCUT2D eigenvalue weighted by Gasteiger charge is -2.18. The van der Waals surface area contributed by atoms with Crippen molar-refractivity contribution < 1.29 is 9.50 Å². The fraction of sp³-hybridized carbons (Fsp3) is 0.455. The predicted molar refractivity (Wildman–Crippen MR) is 59.4 cm³/mol. The number of benzene rings is 1. The van der Waals surface area contributed by atoms with E-state index in [9.17, 15) is 9.50 Å². The molecule has 0 aromatic heterocycles. The third-order valence-electron chi connectivity index (χ3n) is 2.03. The van der Waals surface area contributed by atoms with Crippen LogP contribution >= 0.6 is 11.6 Å². The Morgan fingerprint density at radius 2 is 2.20 bits per heavy atom. The molecule has 15 heavy (non-hydrogen) atoms. The van der Waals surface area contributed by atoms with Crippen molar-refractivity contribution in [2.75, 3.05) is 13.6 Å². The molecule has 0 heterocycles. The molecule has 4 heteroatoms. The maximum atomic E-state index is 12.8. The van der Waals surface area contributed by atoms with Crippen molar-refractivity contribution in [1.82, 2.24) is 4.90 Å². The Kier molecular flexibility index (Phi) is 4.51. The van der Waals surface area contributed by atoms with Crippen LogP contribution in [0.25, 0.3) is 0 Å². The topological polar surface area (TPSA) is 23.5 Å². The highest BCUT2D eigenvalue weighted by atomic mass is 35.5. The van der Waals surface area contributed by atoms with Crippen LogP contribution in [0.5, 0.6) is 0 Å². The molecule has 0 radical (unpaired) electrons. The van der Waals surface area contributed by atoms with Gasteiger partial charge in [-0.2, -0.15) is 0 Å². The molecule has 84 valence electrons. The molecular weight excluding hydrogens is 217 g/mol. The molecule has 0 spiro atoms. The predicted octanol–water partition coefficient (Wildman–Crippen LogP) is 2.29. The zero-order chi connectivity index (χ0) is 11.4. The van der Waals surface area contributed by atoms with Gasteiger partial charge in [0.1, 0.15) is 5.82 Å². The minimum atomic E-state index is -0.380. The zero-order valence-corrected chi connectivity index (χ0v) is 9.63. The van der Waals surface area contributed by atoms with Crippen LogP contribution in [0.15, 0.2) is 18.2 Å². The maximum absolute atomic E-state index is 12.8. The number of hydrogen-bond acceptors (Lipinski definition) is 2. The van der Waals surface area contributed by atoms with Crippen LogP contribution in [0, 0.1) is 5.82 Å². The standard InChI is InChI=1S/C11H15ClFNO/c1-8(15)6-14(2)7-9-3-4-10(13)5-11(9)12/h3-5,8,15H,6-7H2,1-2H3. The van der Waals surface area contributed by atoms with Crippen molar-refractivity contribution in [3.8, 4) is 0 Å². The Morgan fingerprint density at radius 3 is 2.73 bits per heavy atom. The average molecular weight is 232 g/mol. The molecule has 0 saturated heterocycles. The Hall–Kier alpha value is -0.640. The van der Waals surface area contributed by atoms with E-state index in [-0.39, 0.29) is 11.9 Å². The second-order valence-electron chi connectivity index (χ2n) is 3.78. The average Bonchev–Trinajstić information content (AvgIpc) is 2.08. The van der Waals surface area contributed by atoms with Gasteiger partial charge >= 0.3 is 0 Å². The highest BCUT2D eigenvalue weighted by molar-refractivity contribution is 6.31. The van der Waals surface area contributed by atoms with Crippen LogP contribution in [-0.2, 0) is 6.54 Å². The van der Waals surface area contributed by atoms with Gasteiger partial charge in [-0.1, -0.05) is 17.7 Å². The van der Waals surface area contributed by atoms with Crippen molar-refractivity contribution >= 4 is 11.6 Å². The van der Waals surface area contributed by atoms with Crippen LogP contribution in [0.2, 0.25) is 5.02 Å². The zero-order valence-electron chi connectivity index (χ0n) is 8.87. The third kappa shape index (κ3) is 4.16. The second kappa shape index (κ2) is 5.45. The highest BCUT2D eigenvalue weighted by Crippen LogP contribution is 2.18. The number of nitrogens with zero attached hydrogens (tertiary/aromatic N) is 1. The molecule has 0 bridgehead atoms. The minimum absolute atomic E-state index is 0.332. The van der Waals surface area contributed by atoms with Gasteiger partial charge < -0.3 is 5.11 Å².